The lowest BCUT2D eigenvalue weighted by molar-refractivity contribution is 0.160. The first-order valence-electron chi connectivity index (χ1n) is 6.65. The van der Waals surface area contributed by atoms with Gasteiger partial charge in [-0.3, -0.25) is 9.80 Å². The summed E-state index contributed by atoms with van der Waals surface area (Å²) in [7, 11) is 3.67. The fraction of sp³-hybridized carbons (Fsp3) is 0.429. The number of amides is 2. The number of carbonyl (C=O) groups is 1. The van der Waals surface area contributed by atoms with Gasteiger partial charge in [-0.15, -0.1) is 0 Å². The first-order valence-corrected chi connectivity index (χ1v) is 6.65. The fourth-order valence-corrected chi connectivity index (χ4v) is 2.49. The van der Waals surface area contributed by atoms with Crippen LogP contribution in [-0.2, 0) is 0 Å². The average Bonchev–Trinajstić information content (AvgIpc) is 2.72. The van der Waals surface area contributed by atoms with E-state index in [1.165, 1.54) is 0 Å². The summed E-state index contributed by atoms with van der Waals surface area (Å²) in [6.45, 7) is 4.79. The lowest BCUT2D eigenvalue weighted by Crippen LogP contribution is -2.57. The van der Waals surface area contributed by atoms with E-state index < -0.39 is 0 Å². The van der Waals surface area contributed by atoms with Crippen LogP contribution in [0.5, 0.6) is 0 Å². The quantitative estimate of drug-likeness (QED) is 0.782. The number of fused-ring (bicyclic) bond motifs is 3. The molecular formula is C14H19N5O. The molecule has 0 fully saturated rings. The van der Waals surface area contributed by atoms with E-state index in [1.54, 1.807) is 11.9 Å². The zero-order valence-corrected chi connectivity index (χ0v) is 12.2. The number of carbonyl (C=O) groups excluding carboxylic acids is 1. The Kier molecular flexibility index (Phi) is 2.72. The van der Waals surface area contributed by atoms with E-state index in [1.807, 2.05) is 45.2 Å². The highest BCUT2D eigenvalue weighted by molar-refractivity contribution is 6.27. The smallest absolute Gasteiger partial charge is 0.328 e. The van der Waals surface area contributed by atoms with Crippen molar-refractivity contribution in [2.45, 2.75) is 19.5 Å². The highest BCUT2D eigenvalue weighted by atomic mass is 16.2. The zero-order valence-electron chi connectivity index (χ0n) is 12.2. The zero-order chi connectivity index (χ0) is 14.5. The molecule has 0 saturated heterocycles. The Hall–Kier alpha value is -2.08. The van der Waals surface area contributed by atoms with Crippen molar-refractivity contribution in [2.24, 2.45) is 4.99 Å². The first kappa shape index (κ1) is 12.9. The Balaban J connectivity index is 2.17. The van der Waals surface area contributed by atoms with E-state index in [0.29, 0.717) is 12.6 Å². The molecule has 0 atom stereocenters. The van der Waals surface area contributed by atoms with Crippen LogP contribution in [0.25, 0.3) is 0 Å². The maximum atomic E-state index is 12.2. The summed E-state index contributed by atoms with van der Waals surface area (Å²) in [5.74, 6) is 0.689. The molecule has 0 unspecified atom stereocenters. The number of urea groups is 1. The van der Waals surface area contributed by atoms with E-state index in [2.05, 4.69) is 15.1 Å². The number of anilines is 2. The molecule has 0 aliphatic carbocycles. The van der Waals surface area contributed by atoms with Crippen molar-refractivity contribution in [3.63, 3.8) is 0 Å². The summed E-state index contributed by atoms with van der Waals surface area (Å²) in [5.41, 5.74) is 1.55. The Morgan fingerprint density at radius 3 is 2.60 bits per heavy atom. The van der Waals surface area contributed by atoms with Gasteiger partial charge in [-0.2, -0.15) is 0 Å². The van der Waals surface area contributed by atoms with Gasteiger partial charge >= 0.3 is 6.03 Å². The molecule has 0 spiro atoms. The van der Waals surface area contributed by atoms with Crippen molar-refractivity contribution >= 4 is 23.4 Å². The van der Waals surface area contributed by atoms with Crippen LogP contribution in [0.1, 0.15) is 13.8 Å². The van der Waals surface area contributed by atoms with Crippen molar-refractivity contribution in [1.82, 2.24) is 10.2 Å². The fourth-order valence-electron chi connectivity index (χ4n) is 2.49. The van der Waals surface area contributed by atoms with E-state index >= 15 is 0 Å². The second-order valence-electron chi connectivity index (χ2n) is 5.55. The number of para-hydroxylation sites is 2. The van der Waals surface area contributed by atoms with E-state index in [9.17, 15) is 4.79 Å². The van der Waals surface area contributed by atoms with E-state index in [4.69, 9.17) is 4.99 Å². The molecule has 0 bridgehead atoms. The van der Waals surface area contributed by atoms with Gasteiger partial charge in [-0.05, 0) is 33.0 Å². The van der Waals surface area contributed by atoms with Crippen LogP contribution >= 0.6 is 0 Å². The Bertz CT molecular complexity index is 595. The molecule has 6 nitrogen and oxygen atoms in total. The van der Waals surface area contributed by atoms with E-state index in [0.717, 1.165) is 11.4 Å². The summed E-state index contributed by atoms with van der Waals surface area (Å²) >= 11 is 0. The van der Waals surface area contributed by atoms with E-state index in [-0.39, 0.29) is 11.7 Å². The highest BCUT2D eigenvalue weighted by Gasteiger charge is 2.42. The molecule has 0 saturated carbocycles. The third-order valence-electron chi connectivity index (χ3n) is 3.93. The summed E-state index contributed by atoms with van der Waals surface area (Å²) in [5, 5.41) is 2.69. The monoisotopic (exact) mass is 273 g/mol. The van der Waals surface area contributed by atoms with Crippen LogP contribution in [0.4, 0.5) is 16.2 Å². The SMILES string of the molecule is CNC(=O)N1C2=NC(C)(C)N(C)CN2c2ccccc21. The lowest BCUT2D eigenvalue weighted by Gasteiger charge is -2.41. The maximum Gasteiger partial charge on any atom is 0.328 e. The number of rotatable bonds is 0. The van der Waals surface area contributed by atoms with Gasteiger partial charge in [0.1, 0.15) is 5.66 Å². The number of hydrogen-bond acceptors (Lipinski definition) is 4. The predicted octanol–water partition coefficient (Wildman–Crippen LogP) is 1.65. The number of nitrogens with one attached hydrogen (secondary N) is 1. The first-order chi connectivity index (χ1) is 9.45. The topological polar surface area (TPSA) is 51.2 Å². The summed E-state index contributed by atoms with van der Waals surface area (Å²) in [6.07, 6.45) is 0. The van der Waals surface area contributed by atoms with Gasteiger partial charge in [0.05, 0.1) is 18.0 Å². The molecule has 2 aliphatic rings. The van der Waals surface area contributed by atoms with Crippen molar-refractivity contribution in [3.8, 4) is 0 Å². The molecule has 0 aromatic heterocycles. The number of guanidine groups is 1. The van der Waals surface area contributed by atoms with Crippen molar-refractivity contribution in [2.75, 3.05) is 30.6 Å². The van der Waals surface area contributed by atoms with Crippen LogP contribution in [0.15, 0.2) is 29.3 Å². The van der Waals surface area contributed by atoms with Crippen LogP contribution in [0.3, 0.4) is 0 Å². The number of benzene rings is 1. The number of nitrogens with zero attached hydrogens (tertiary/aromatic N) is 4. The van der Waals surface area contributed by atoms with Gasteiger partial charge in [0.15, 0.2) is 0 Å². The maximum absolute atomic E-state index is 12.2. The minimum Gasteiger partial charge on any atom is -0.340 e. The molecule has 2 heterocycles. The third-order valence-corrected chi connectivity index (χ3v) is 3.93. The molecule has 1 aromatic rings. The molecule has 1 N–H and O–H groups in total. The Morgan fingerprint density at radius 2 is 1.95 bits per heavy atom. The second kappa shape index (κ2) is 4.21. The van der Waals surface area contributed by atoms with Crippen molar-refractivity contribution in [1.29, 1.82) is 0 Å². The molecule has 0 radical (unpaired) electrons. The molecule has 106 valence electrons. The van der Waals surface area contributed by atoms with Crippen molar-refractivity contribution < 1.29 is 4.79 Å². The molecule has 2 aliphatic heterocycles. The average molecular weight is 273 g/mol. The minimum atomic E-state index is -0.333. The van der Waals surface area contributed by atoms with Gasteiger partial charge < -0.3 is 5.32 Å². The summed E-state index contributed by atoms with van der Waals surface area (Å²) in [4.78, 5) is 22.8. The lowest BCUT2D eigenvalue weighted by atomic mass is 10.2. The number of hydrogen-bond donors (Lipinski definition) is 1. The van der Waals surface area contributed by atoms with Crippen LogP contribution in [0, 0.1) is 0 Å². The number of aliphatic imine (C=N–C) groups is 1. The normalized spacial score (nSPS) is 20.3. The van der Waals surface area contributed by atoms with Gasteiger partial charge in [-0.25, -0.2) is 14.7 Å². The predicted molar refractivity (Wildman–Crippen MR) is 80.0 cm³/mol. The molecular weight excluding hydrogens is 254 g/mol. The Morgan fingerprint density at radius 1 is 1.30 bits per heavy atom. The van der Waals surface area contributed by atoms with Gasteiger partial charge in [0.25, 0.3) is 0 Å². The molecule has 2 amide bonds. The van der Waals surface area contributed by atoms with Gasteiger partial charge in [0, 0.05) is 7.05 Å². The van der Waals surface area contributed by atoms with Crippen molar-refractivity contribution in [3.05, 3.63) is 24.3 Å². The van der Waals surface area contributed by atoms with Crippen LogP contribution in [0.2, 0.25) is 0 Å². The van der Waals surface area contributed by atoms with Crippen LogP contribution in [-0.4, -0.2) is 43.3 Å². The molecule has 20 heavy (non-hydrogen) atoms. The standard InChI is InChI=1S/C14H19N5O/c1-14(2)16-12-18(9-17(14)4)10-7-5-6-8-11(10)19(12)13(20)15-3/h5-8H,9H2,1-4H3,(H,15,20). The third kappa shape index (κ3) is 1.68. The molecule has 6 heteroatoms. The van der Waals surface area contributed by atoms with Crippen LogP contribution < -0.4 is 15.1 Å². The minimum absolute atomic E-state index is 0.168. The summed E-state index contributed by atoms with van der Waals surface area (Å²) in [6, 6.07) is 7.70. The molecule has 3 rings (SSSR count). The summed E-state index contributed by atoms with van der Waals surface area (Å²) < 4.78 is 0. The highest BCUT2D eigenvalue weighted by Crippen LogP contribution is 2.40. The second-order valence-corrected chi connectivity index (χ2v) is 5.55. The Labute approximate surface area is 118 Å². The van der Waals surface area contributed by atoms with Gasteiger partial charge in [0.2, 0.25) is 5.96 Å². The largest absolute Gasteiger partial charge is 0.340 e. The molecule has 1 aromatic carbocycles. The van der Waals surface area contributed by atoms with Gasteiger partial charge in [-0.1, -0.05) is 12.1 Å².